The summed E-state index contributed by atoms with van der Waals surface area (Å²) in [6.45, 7) is 6.46. The first-order valence-corrected chi connectivity index (χ1v) is 8.06. The third kappa shape index (κ3) is 4.08. The summed E-state index contributed by atoms with van der Waals surface area (Å²) in [6, 6.07) is 0. The van der Waals surface area contributed by atoms with Gasteiger partial charge in [0.2, 0.25) is 0 Å². The second kappa shape index (κ2) is 6.95. The maximum absolute atomic E-state index is 11.6. The molecule has 0 saturated heterocycles. The topological polar surface area (TPSA) is 17.1 Å². The van der Waals surface area contributed by atoms with Gasteiger partial charge in [-0.25, -0.2) is 0 Å². The van der Waals surface area contributed by atoms with Crippen LogP contribution in [0.5, 0.6) is 0 Å². The van der Waals surface area contributed by atoms with Gasteiger partial charge in [0.1, 0.15) is 7.00 Å². The van der Waals surface area contributed by atoms with Crippen molar-refractivity contribution in [1.29, 1.82) is 0 Å². The minimum atomic E-state index is -1.67. The SMILES string of the molecule is CCCCCC(CC)(CC)[PH](=O)S. The zero-order chi connectivity index (χ0) is 10.3. The average Bonchev–Trinajstić information content (AvgIpc) is 2.13. The third-order valence-electron chi connectivity index (χ3n) is 3.07. The zero-order valence-corrected chi connectivity index (χ0v) is 11.0. The van der Waals surface area contributed by atoms with Crippen molar-refractivity contribution < 1.29 is 4.57 Å². The summed E-state index contributed by atoms with van der Waals surface area (Å²) in [7, 11) is -1.67. The van der Waals surface area contributed by atoms with Gasteiger partial charge in [-0.1, -0.05) is 40.0 Å². The van der Waals surface area contributed by atoms with Crippen LogP contribution in [0, 0.1) is 0 Å². The molecule has 0 bridgehead atoms. The van der Waals surface area contributed by atoms with E-state index in [2.05, 4.69) is 33.0 Å². The van der Waals surface area contributed by atoms with Gasteiger partial charge in [-0.05, 0) is 19.3 Å². The molecule has 1 atom stereocenters. The number of thiol groups is 1. The molecular formula is C10H23OPS. The van der Waals surface area contributed by atoms with Crippen molar-refractivity contribution in [2.75, 3.05) is 0 Å². The summed E-state index contributed by atoms with van der Waals surface area (Å²) in [5, 5.41) is 0.0446. The molecule has 0 saturated carbocycles. The highest BCUT2D eigenvalue weighted by Crippen LogP contribution is 2.50. The molecule has 0 heterocycles. The van der Waals surface area contributed by atoms with E-state index in [1.807, 2.05) is 0 Å². The van der Waals surface area contributed by atoms with Crippen molar-refractivity contribution in [3.8, 4) is 0 Å². The smallest absolute Gasteiger partial charge is 0.130 e. The van der Waals surface area contributed by atoms with Crippen molar-refractivity contribution in [2.24, 2.45) is 0 Å². The van der Waals surface area contributed by atoms with Crippen LogP contribution in [-0.4, -0.2) is 5.16 Å². The summed E-state index contributed by atoms with van der Waals surface area (Å²) in [5.41, 5.74) is 0. The van der Waals surface area contributed by atoms with Gasteiger partial charge < -0.3 is 4.57 Å². The molecule has 0 rings (SSSR count). The minimum Gasteiger partial charge on any atom is -0.315 e. The van der Waals surface area contributed by atoms with Crippen molar-refractivity contribution in [3.05, 3.63) is 0 Å². The summed E-state index contributed by atoms with van der Waals surface area (Å²) in [4.78, 5) is 0. The summed E-state index contributed by atoms with van der Waals surface area (Å²) < 4.78 is 11.6. The lowest BCUT2D eigenvalue weighted by Gasteiger charge is -2.28. The Labute approximate surface area is 88.6 Å². The van der Waals surface area contributed by atoms with Crippen LogP contribution in [0.2, 0.25) is 0 Å². The number of hydrogen-bond acceptors (Lipinski definition) is 1. The van der Waals surface area contributed by atoms with E-state index in [1.54, 1.807) is 0 Å². The Morgan fingerprint density at radius 2 is 1.69 bits per heavy atom. The summed E-state index contributed by atoms with van der Waals surface area (Å²) >= 11 is 4.19. The van der Waals surface area contributed by atoms with E-state index in [1.165, 1.54) is 19.3 Å². The molecule has 13 heavy (non-hydrogen) atoms. The van der Waals surface area contributed by atoms with E-state index in [0.29, 0.717) is 0 Å². The molecule has 0 amide bonds. The van der Waals surface area contributed by atoms with Gasteiger partial charge >= 0.3 is 0 Å². The molecule has 0 aliphatic heterocycles. The van der Waals surface area contributed by atoms with Crippen LogP contribution in [-0.2, 0) is 4.57 Å². The van der Waals surface area contributed by atoms with Crippen molar-refractivity contribution in [2.45, 2.75) is 64.5 Å². The standard InChI is InChI=1S/C10H23OPS/c1-4-7-8-9-10(5-2,6-3)12(11)13/h12H,4-9H2,1-3H3,(H,11,13). The Morgan fingerprint density at radius 3 is 2.00 bits per heavy atom. The van der Waals surface area contributed by atoms with Crippen LogP contribution in [0.3, 0.4) is 0 Å². The second-order valence-corrected chi connectivity index (χ2v) is 6.64. The van der Waals surface area contributed by atoms with Gasteiger partial charge in [-0.3, -0.25) is 0 Å². The Balaban J connectivity index is 4.14. The first kappa shape index (κ1) is 13.6. The fourth-order valence-corrected chi connectivity index (χ4v) is 4.01. The van der Waals surface area contributed by atoms with Gasteiger partial charge in [-0.2, -0.15) is 0 Å². The second-order valence-electron chi connectivity index (χ2n) is 3.75. The monoisotopic (exact) mass is 222 g/mol. The lowest BCUT2D eigenvalue weighted by Crippen LogP contribution is -2.20. The molecule has 1 unspecified atom stereocenters. The maximum atomic E-state index is 11.6. The van der Waals surface area contributed by atoms with Crippen molar-refractivity contribution in [1.82, 2.24) is 0 Å². The van der Waals surface area contributed by atoms with E-state index in [4.69, 9.17) is 0 Å². The average molecular weight is 222 g/mol. The first-order chi connectivity index (χ1) is 6.13. The van der Waals surface area contributed by atoms with Gasteiger partial charge in [0.25, 0.3) is 0 Å². The Morgan fingerprint density at radius 1 is 1.15 bits per heavy atom. The Kier molecular flexibility index (Phi) is 7.26. The summed E-state index contributed by atoms with van der Waals surface area (Å²) in [6.07, 6.45) is 6.80. The molecule has 0 spiro atoms. The molecule has 3 heteroatoms. The van der Waals surface area contributed by atoms with Crippen molar-refractivity contribution >= 4 is 19.3 Å². The van der Waals surface area contributed by atoms with E-state index < -0.39 is 7.00 Å². The molecule has 0 aliphatic carbocycles. The Hall–Kier alpha value is 0.580. The lowest BCUT2D eigenvalue weighted by atomic mass is 9.95. The molecule has 0 N–H and O–H groups in total. The number of unbranched alkanes of at least 4 members (excludes halogenated alkanes) is 2. The largest absolute Gasteiger partial charge is 0.315 e. The molecule has 0 aromatic heterocycles. The molecule has 0 aromatic rings. The highest BCUT2D eigenvalue weighted by atomic mass is 32.7. The highest BCUT2D eigenvalue weighted by molar-refractivity contribution is 8.41. The number of rotatable bonds is 7. The molecule has 80 valence electrons. The van der Waals surface area contributed by atoms with Gasteiger partial charge in [0.05, 0.1) is 0 Å². The zero-order valence-electron chi connectivity index (χ0n) is 9.10. The fraction of sp³-hybridized carbons (Fsp3) is 1.00. The van der Waals surface area contributed by atoms with Crippen LogP contribution in [0.1, 0.15) is 59.3 Å². The third-order valence-corrected chi connectivity index (χ3v) is 6.35. The fourth-order valence-electron chi connectivity index (χ4n) is 1.73. The van der Waals surface area contributed by atoms with Crippen LogP contribution >= 0.6 is 19.3 Å². The molecule has 1 nitrogen and oxygen atoms in total. The molecule has 0 aromatic carbocycles. The highest BCUT2D eigenvalue weighted by Gasteiger charge is 2.29. The predicted molar refractivity (Wildman–Crippen MR) is 65.4 cm³/mol. The first-order valence-electron chi connectivity index (χ1n) is 5.36. The minimum absolute atomic E-state index is 0.0446. The predicted octanol–water partition coefficient (Wildman–Crippen LogP) is 4.53. The van der Waals surface area contributed by atoms with Crippen LogP contribution in [0.4, 0.5) is 0 Å². The Bertz CT molecular complexity index is 155. The molecule has 0 aliphatic rings. The van der Waals surface area contributed by atoms with Crippen LogP contribution < -0.4 is 0 Å². The lowest BCUT2D eigenvalue weighted by molar-refractivity contribution is 0.452. The summed E-state index contributed by atoms with van der Waals surface area (Å²) in [5.74, 6) is 0. The van der Waals surface area contributed by atoms with Gasteiger partial charge in [0, 0.05) is 5.16 Å². The molecular weight excluding hydrogens is 199 g/mol. The molecule has 0 radical (unpaired) electrons. The van der Waals surface area contributed by atoms with Crippen LogP contribution in [0.25, 0.3) is 0 Å². The maximum Gasteiger partial charge on any atom is 0.130 e. The molecule has 0 fully saturated rings. The van der Waals surface area contributed by atoms with E-state index in [0.717, 1.165) is 19.3 Å². The quantitative estimate of drug-likeness (QED) is 0.380. The van der Waals surface area contributed by atoms with Gasteiger partial charge in [-0.15, -0.1) is 12.2 Å². The number of hydrogen-bond donors (Lipinski definition) is 1. The van der Waals surface area contributed by atoms with E-state index in [9.17, 15) is 4.57 Å². The van der Waals surface area contributed by atoms with E-state index in [-0.39, 0.29) is 5.16 Å². The normalized spacial score (nSPS) is 14.5. The van der Waals surface area contributed by atoms with E-state index >= 15 is 0 Å². The van der Waals surface area contributed by atoms with Crippen LogP contribution in [0.15, 0.2) is 0 Å². The van der Waals surface area contributed by atoms with Gasteiger partial charge in [0.15, 0.2) is 0 Å². The van der Waals surface area contributed by atoms with Crippen molar-refractivity contribution in [3.63, 3.8) is 0 Å².